The highest BCUT2D eigenvalue weighted by Gasteiger charge is 2.64. The first kappa shape index (κ1) is 24.5. The van der Waals surface area contributed by atoms with Gasteiger partial charge in [-0.3, -0.25) is 4.84 Å². The average Bonchev–Trinajstić information content (AvgIpc) is 2.75. The summed E-state index contributed by atoms with van der Waals surface area (Å²) in [7, 11) is 1.37. The van der Waals surface area contributed by atoms with Crippen molar-refractivity contribution >= 4 is 5.97 Å². The normalized spacial score (nSPS) is 42.0. The maximum atomic E-state index is 12.1. The maximum absolute atomic E-state index is 12.1. The molecule has 170 valence electrons. The molecule has 2 fully saturated rings. The molecule has 0 aromatic rings. The van der Waals surface area contributed by atoms with Crippen molar-refractivity contribution in [3.05, 3.63) is 0 Å². The van der Waals surface area contributed by atoms with E-state index in [-0.39, 0.29) is 17.9 Å². The van der Waals surface area contributed by atoms with Crippen molar-refractivity contribution in [3.8, 4) is 0 Å². The Morgan fingerprint density at radius 3 is 2.17 bits per heavy atom. The molecular weight excluding hydrogens is 374 g/mol. The van der Waals surface area contributed by atoms with Gasteiger partial charge in [-0.2, -0.15) is 5.06 Å². The molecule has 0 bridgehead atoms. The van der Waals surface area contributed by atoms with Crippen molar-refractivity contribution in [2.24, 2.45) is 11.3 Å². The minimum absolute atomic E-state index is 0.0157. The minimum atomic E-state index is -0.752. The van der Waals surface area contributed by atoms with Crippen LogP contribution in [0.3, 0.4) is 0 Å². The van der Waals surface area contributed by atoms with Crippen LogP contribution in [0.5, 0.6) is 0 Å². The number of carbonyl (C=O) groups excluding carboxylic acids is 1. The van der Waals surface area contributed by atoms with Crippen LogP contribution in [0.25, 0.3) is 0 Å². The Labute approximate surface area is 176 Å². The SMILES string of the molecule is CCC1(CO)COC2(CC(C)(CC)N(OC(C)C(=O)OC)C(C)(CC)C2C)OC1. The Morgan fingerprint density at radius 2 is 1.76 bits per heavy atom. The molecule has 7 nitrogen and oxygen atoms in total. The lowest BCUT2D eigenvalue weighted by Crippen LogP contribution is -2.74. The first-order valence-electron chi connectivity index (χ1n) is 11.0. The van der Waals surface area contributed by atoms with Crippen molar-refractivity contribution in [1.82, 2.24) is 5.06 Å². The summed E-state index contributed by atoms with van der Waals surface area (Å²) < 4.78 is 17.8. The zero-order chi connectivity index (χ0) is 22.1. The fourth-order valence-corrected chi connectivity index (χ4v) is 4.75. The van der Waals surface area contributed by atoms with E-state index in [1.807, 2.05) is 5.06 Å². The molecule has 29 heavy (non-hydrogen) atoms. The molecule has 7 heteroatoms. The van der Waals surface area contributed by atoms with E-state index in [9.17, 15) is 9.90 Å². The molecule has 4 atom stereocenters. The van der Waals surface area contributed by atoms with Crippen LogP contribution in [0.4, 0.5) is 0 Å². The second-order valence-electron chi connectivity index (χ2n) is 9.43. The van der Waals surface area contributed by atoms with Gasteiger partial charge in [-0.15, -0.1) is 0 Å². The largest absolute Gasteiger partial charge is 0.467 e. The molecular formula is C22H41NO6. The second kappa shape index (κ2) is 8.79. The summed E-state index contributed by atoms with van der Waals surface area (Å²) in [6.45, 7) is 15.4. The van der Waals surface area contributed by atoms with Crippen LogP contribution < -0.4 is 0 Å². The van der Waals surface area contributed by atoms with Crippen molar-refractivity contribution in [2.75, 3.05) is 26.9 Å². The van der Waals surface area contributed by atoms with Gasteiger partial charge in [0.1, 0.15) is 0 Å². The quantitative estimate of drug-likeness (QED) is 0.639. The van der Waals surface area contributed by atoms with Crippen LogP contribution in [0.2, 0.25) is 0 Å². The van der Waals surface area contributed by atoms with E-state index in [0.29, 0.717) is 19.6 Å². The number of aliphatic hydroxyl groups excluding tert-OH is 1. The Bertz CT molecular complexity index is 570. The number of methoxy groups -OCH3 is 1. The van der Waals surface area contributed by atoms with E-state index >= 15 is 0 Å². The van der Waals surface area contributed by atoms with Crippen molar-refractivity contribution in [3.63, 3.8) is 0 Å². The summed E-state index contributed by atoms with van der Waals surface area (Å²) in [5, 5.41) is 11.9. The number of aliphatic hydroxyl groups is 1. The number of piperidine rings is 1. The molecule has 2 rings (SSSR count). The van der Waals surface area contributed by atoms with Gasteiger partial charge in [0.25, 0.3) is 0 Å². The van der Waals surface area contributed by atoms with Crippen molar-refractivity contribution in [2.45, 2.75) is 97.1 Å². The highest BCUT2D eigenvalue weighted by atomic mass is 16.7. The molecule has 0 radical (unpaired) electrons. The van der Waals surface area contributed by atoms with Crippen LogP contribution >= 0.6 is 0 Å². The second-order valence-corrected chi connectivity index (χ2v) is 9.43. The predicted octanol–water partition coefficient (Wildman–Crippen LogP) is 3.29. The standard InChI is InChI=1S/C22H41NO6/c1-9-19(6)12-22(27-14-21(11-3,13-24)15-28-22)17(5)20(7,10-2)23(19)29-16(4)18(25)26-8/h16-17,24H,9-15H2,1-8H3. The van der Waals surface area contributed by atoms with Gasteiger partial charge in [0.05, 0.1) is 32.5 Å². The van der Waals surface area contributed by atoms with Gasteiger partial charge in [-0.25, -0.2) is 4.79 Å². The minimum Gasteiger partial charge on any atom is -0.467 e. The van der Waals surface area contributed by atoms with E-state index in [4.69, 9.17) is 19.0 Å². The van der Waals surface area contributed by atoms with Gasteiger partial charge in [0.2, 0.25) is 0 Å². The summed E-state index contributed by atoms with van der Waals surface area (Å²) in [6.07, 6.45) is 2.32. The highest BCUT2D eigenvalue weighted by Crippen LogP contribution is 2.54. The number of rotatable bonds is 7. The lowest BCUT2D eigenvalue weighted by Gasteiger charge is -2.64. The Morgan fingerprint density at radius 1 is 1.17 bits per heavy atom. The summed E-state index contributed by atoms with van der Waals surface area (Å²) >= 11 is 0. The van der Waals surface area contributed by atoms with E-state index < -0.39 is 28.9 Å². The first-order valence-corrected chi connectivity index (χ1v) is 11.0. The predicted molar refractivity (Wildman–Crippen MR) is 110 cm³/mol. The zero-order valence-electron chi connectivity index (χ0n) is 19.5. The van der Waals surface area contributed by atoms with Crippen molar-refractivity contribution in [1.29, 1.82) is 0 Å². The average molecular weight is 416 g/mol. The topological polar surface area (TPSA) is 77.5 Å². The van der Waals surface area contributed by atoms with Crippen LogP contribution in [0, 0.1) is 11.3 Å². The molecule has 1 N–H and O–H groups in total. The van der Waals surface area contributed by atoms with Gasteiger partial charge in [0, 0.05) is 23.3 Å². The molecule has 0 amide bonds. The van der Waals surface area contributed by atoms with E-state index in [1.165, 1.54) is 7.11 Å². The molecule has 2 saturated heterocycles. The summed E-state index contributed by atoms with van der Waals surface area (Å²) in [4.78, 5) is 18.3. The molecule has 0 aliphatic carbocycles. The number of ether oxygens (including phenoxy) is 3. The molecule has 0 aromatic heterocycles. The van der Waals surface area contributed by atoms with E-state index in [0.717, 1.165) is 19.3 Å². The van der Waals surface area contributed by atoms with Gasteiger partial charge < -0.3 is 19.3 Å². The van der Waals surface area contributed by atoms with E-state index in [1.54, 1.807) is 6.92 Å². The fourth-order valence-electron chi connectivity index (χ4n) is 4.75. The van der Waals surface area contributed by atoms with Gasteiger partial charge in [-0.1, -0.05) is 27.7 Å². The molecule has 0 aromatic carbocycles. The van der Waals surface area contributed by atoms with Crippen LogP contribution in [0.1, 0.15) is 74.1 Å². The van der Waals surface area contributed by atoms with Crippen molar-refractivity contribution < 1.29 is 28.9 Å². The van der Waals surface area contributed by atoms with Gasteiger partial charge in [-0.05, 0) is 40.0 Å². The number of hydrogen-bond acceptors (Lipinski definition) is 7. The zero-order valence-corrected chi connectivity index (χ0v) is 19.5. The monoisotopic (exact) mass is 415 g/mol. The summed E-state index contributed by atoms with van der Waals surface area (Å²) in [5.74, 6) is -1.16. The van der Waals surface area contributed by atoms with Crippen LogP contribution in [0.15, 0.2) is 0 Å². The Kier molecular flexibility index (Phi) is 7.44. The maximum Gasteiger partial charge on any atom is 0.336 e. The fraction of sp³-hybridized carbons (Fsp3) is 0.955. The summed E-state index contributed by atoms with van der Waals surface area (Å²) in [6, 6.07) is 0. The third-order valence-corrected chi connectivity index (χ3v) is 7.78. The lowest BCUT2D eigenvalue weighted by molar-refractivity contribution is -0.415. The van der Waals surface area contributed by atoms with Gasteiger partial charge >= 0.3 is 5.97 Å². The molecule has 1 spiro atoms. The molecule has 2 aliphatic rings. The number of esters is 1. The number of hydrogen-bond donors (Lipinski definition) is 1. The summed E-state index contributed by atoms with van der Waals surface area (Å²) in [5.41, 5.74) is -1.16. The number of hydroxylamine groups is 2. The number of carbonyl (C=O) groups is 1. The lowest BCUT2D eigenvalue weighted by atomic mass is 9.66. The number of nitrogens with zero attached hydrogens (tertiary/aromatic N) is 1. The third kappa shape index (κ3) is 4.09. The van der Waals surface area contributed by atoms with E-state index in [2.05, 4.69) is 41.5 Å². The Hall–Kier alpha value is -0.730. The molecule has 0 saturated carbocycles. The molecule has 4 unspecified atom stereocenters. The molecule has 2 aliphatic heterocycles. The van der Waals surface area contributed by atoms with Crippen LogP contribution in [-0.4, -0.2) is 66.0 Å². The van der Waals surface area contributed by atoms with Gasteiger partial charge in [0.15, 0.2) is 11.9 Å². The molecule has 2 heterocycles. The third-order valence-electron chi connectivity index (χ3n) is 7.78. The highest BCUT2D eigenvalue weighted by molar-refractivity contribution is 5.73. The Balaban J connectivity index is 2.40. The smallest absolute Gasteiger partial charge is 0.336 e. The van der Waals surface area contributed by atoms with Crippen LogP contribution in [-0.2, 0) is 23.8 Å². The first-order chi connectivity index (χ1) is 13.5.